The molecule has 0 atom stereocenters. The van der Waals surface area contributed by atoms with Crippen LogP contribution < -0.4 is 14.8 Å². The number of pyridine rings is 1. The zero-order valence-electron chi connectivity index (χ0n) is 15.5. The molecule has 140 valence electrons. The van der Waals surface area contributed by atoms with E-state index in [2.05, 4.69) is 25.5 Å². The largest absolute Gasteiger partial charge is 0.481 e. The zero-order chi connectivity index (χ0) is 19.3. The number of benzene rings is 2. The van der Waals surface area contributed by atoms with E-state index in [1.807, 2.05) is 55.5 Å². The van der Waals surface area contributed by atoms with Gasteiger partial charge in [0.2, 0.25) is 11.8 Å². The van der Waals surface area contributed by atoms with E-state index in [0.29, 0.717) is 29.2 Å². The smallest absolute Gasteiger partial charge is 0.246 e. The molecule has 2 aromatic carbocycles. The summed E-state index contributed by atoms with van der Waals surface area (Å²) >= 11 is 0. The number of anilines is 2. The first kappa shape index (κ1) is 17.5. The van der Waals surface area contributed by atoms with Gasteiger partial charge in [-0.25, -0.2) is 4.98 Å². The molecule has 28 heavy (non-hydrogen) atoms. The molecule has 4 rings (SSSR count). The number of hydrogen-bond donors (Lipinski definition) is 2. The SMILES string of the molecule is COc1cc(Oc2cccc(-c3nc(Nc4cccc(C)c4)n[nH]3)c2)ccn1. The van der Waals surface area contributed by atoms with E-state index in [9.17, 15) is 0 Å². The number of nitrogens with one attached hydrogen (secondary N) is 2. The second-order valence-corrected chi connectivity index (χ2v) is 6.17. The van der Waals surface area contributed by atoms with Gasteiger partial charge in [-0.2, -0.15) is 4.98 Å². The van der Waals surface area contributed by atoms with E-state index in [4.69, 9.17) is 9.47 Å². The Balaban J connectivity index is 1.52. The first-order valence-electron chi connectivity index (χ1n) is 8.74. The summed E-state index contributed by atoms with van der Waals surface area (Å²) in [4.78, 5) is 8.59. The summed E-state index contributed by atoms with van der Waals surface area (Å²) in [6, 6.07) is 19.1. The lowest BCUT2D eigenvalue weighted by Crippen LogP contribution is -1.92. The topological polar surface area (TPSA) is 85.0 Å². The Hall–Kier alpha value is -3.87. The number of aromatic nitrogens is 4. The molecular formula is C21H19N5O2. The lowest BCUT2D eigenvalue weighted by Gasteiger charge is -2.07. The molecule has 0 radical (unpaired) electrons. The number of aromatic amines is 1. The minimum absolute atomic E-state index is 0.496. The number of aryl methyl sites for hydroxylation is 1. The van der Waals surface area contributed by atoms with Crippen LogP contribution in [0.3, 0.4) is 0 Å². The molecule has 0 bridgehead atoms. The van der Waals surface area contributed by atoms with Crippen molar-refractivity contribution in [1.29, 1.82) is 0 Å². The highest BCUT2D eigenvalue weighted by atomic mass is 16.5. The molecule has 2 heterocycles. The molecule has 0 spiro atoms. The molecule has 0 unspecified atom stereocenters. The Kier molecular flexibility index (Phi) is 4.88. The molecule has 7 nitrogen and oxygen atoms in total. The lowest BCUT2D eigenvalue weighted by atomic mass is 10.2. The van der Waals surface area contributed by atoms with Crippen molar-refractivity contribution in [3.63, 3.8) is 0 Å². The van der Waals surface area contributed by atoms with Gasteiger partial charge in [-0.1, -0.05) is 24.3 Å². The van der Waals surface area contributed by atoms with Crippen LogP contribution in [0.5, 0.6) is 17.4 Å². The van der Waals surface area contributed by atoms with Gasteiger partial charge < -0.3 is 14.8 Å². The molecule has 2 aromatic heterocycles. The molecular weight excluding hydrogens is 354 g/mol. The van der Waals surface area contributed by atoms with Gasteiger partial charge in [-0.05, 0) is 42.8 Å². The Labute approximate surface area is 162 Å². The maximum atomic E-state index is 5.90. The summed E-state index contributed by atoms with van der Waals surface area (Å²) in [6.07, 6.45) is 1.64. The van der Waals surface area contributed by atoms with Crippen LogP contribution in [-0.2, 0) is 0 Å². The summed E-state index contributed by atoms with van der Waals surface area (Å²) < 4.78 is 11.0. The van der Waals surface area contributed by atoms with Gasteiger partial charge in [0.1, 0.15) is 11.5 Å². The normalized spacial score (nSPS) is 10.5. The van der Waals surface area contributed by atoms with Crippen molar-refractivity contribution < 1.29 is 9.47 Å². The van der Waals surface area contributed by atoms with E-state index in [1.54, 1.807) is 25.4 Å². The van der Waals surface area contributed by atoms with Crippen LogP contribution >= 0.6 is 0 Å². The second kappa shape index (κ2) is 7.79. The molecule has 0 aliphatic heterocycles. The standard InChI is InChI=1S/C21H19N5O2/c1-14-5-3-7-16(11-14)23-21-24-20(25-26-21)15-6-4-8-17(12-15)28-18-9-10-22-19(13-18)27-2/h3-13H,1-2H3,(H2,23,24,25,26). The van der Waals surface area contributed by atoms with Crippen LogP contribution in [0.25, 0.3) is 11.4 Å². The van der Waals surface area contributed by atoms with Crippen molar-refractivity contribution in [2.24, 2.45) is 0 Å². The third-order valence-corrected chi connectivity index (χ3v) is 4.02. The molecule has 7 heteroatoms. The van der Waals surface area contributed by atoms with Crippen LogP contribution in [0.15, 0.2) is 66.9 Å². The van der Waals surface area contributed by atoms with Crippen LogP contribution in [-0.4, -0.2) is 27.3 Å². The minimum Gasteiger partial charge on any atom is -0.481 e. The highest BCUT2D eigenvalue weighted by molar-refractivity contribution is 5.61. The second-order valence-electron chi connectivity index (χ2n) is 6.17. The van der Waals surface area contributed by atoms with Crippen LogP contribution in [0.4, 0.5) is 11.6 Å². The Bertz CT molecular complexity index is 1090. The average molecular weight is 373 g/mol. The molecule has 0 amide bonds. The van der Waals surface area contributed by atoms with Crippen molar-refractivity contribution in [2.75, 3.05) is 12.4 Å². The Morgan fingerprint density at radius 3 is 2.68 bits per heavy atom. The van der Waals surface area contributed by atoms with Gasteiger partial charge >= 0.3 is 0 Å². The van der Waals surface area contributed by atoms with Crippen molar-refractivity contribution in [3.05, 3.63) is 72.4 Å². The summed E-state index contributed by atoms with van der Waals surface area (Å²) in [5.74, 6) is 2.97. The van der Waals surface area contributed by atoms with Crippen LogP contribution in [0.1, 0.15) is 5.56 Å². The highest BCUT2D eigenvalue weighted by Crippen LogP contribution is 2.27. The minimum atomic E-state index is 0.496. The van der Waals surface area contributed by atoms with Gasteiger partial charge in [0.25, 0.3) is 0 Å². The number of rotatable bonds is 6. The first-order valence-corrected chi connectivity index (χ1v) is 8.74. The number of ether oxygens (including phenoxy) is 2. The maximum absolute atomic E-state index is 5.90. The highest BCUT2D eigenvalue weighted by Gasteiger charge is 2.08. The fourth-order valence-corrected chi connectivity index (χ4v) is 2.71. The zero-order valence-corrected chi connectivity index (χ0v) is 15.5. The quantitative estimate of drug-likeness (QED) is 0.509. The fraction of sp³-hybridized carbons (Fsp3) is 0.0952. The van der Waals surface area contributed by atoms with Gasteiger partial charge in [-0.3, -0.25) is 5.10 Å². The van der Waals surface area contributed by atoms with E-state index in [1.165, 1.54) is 5.56 Å². The third kappa shape index (κ3) is 4.09. The predicted octanol–water partition coefficient (Wildman–Crippen LogP) is 4.72. The number of methoxy groups -OCH3 is 1. The van der Waals surface area contributed by atoms with Crippen molar-refractivity contribution in [2.45, 2.75) is 6.92 Å². The Morgan fingerprint density at radius 1 is 0.964 bits per heavy atom. The van der Waals surface area contributed by atoms with Gasteiger partial charge in [0, 0.05) is 23.5 Å². The summed E-state index contributed by atoms with van der Waals surface area (Å²) in [5.41, 5.74) is 2.97. The van der Waals surface area contributed by atoms with E-state index >= 15 is 0 Å². The summed E-state index contributed by atoms with van der Waals surface area (Å²) in [6.45, 7) is 2.04. The fourth-order valence-electron chi connectivity index (χ4n) is 2.71. The van der Waals surface area contributed by atoms with Crippen molar-refractivity contribution in [3.8, 4) is 28.8 Å². The molecule has 4 aromatic rings. The number of H-pyrrole nitrogens is 1. The maximum Gasteiger partial charge on any atom is 0.246 e. The molecule has 2 N–H and O–H groups in total. The van der Waals surface area contributed by atoms with Crippen molar-refractivity contribution >= 4 is 11.6 Å². The first-order chi connectivity index (χ1) is 13.7. The molecule has 0 aliphatic carbocycles. The van der Waals surface area contributed by atoms with Crippen LogP contribution in [0, 0.1) is 6.92 Å². The number of nitrogens with zero attached hydrogens (tertiary/aromatic N) is 3. The Morgan fingerprint density at radius 2 is 1.82 bits per heavy atom. The summed E-state index contributed by atoms with van der Waals surface area (Å²) in [5, 5.41) is 10.4. The summed E-state index contributed by atoms with van der Waals surface area (Å²) in [7, 11) is 1.57. The van der Waals surface area contributed by atoms with Crippen molar-refractivity contribution in [1.82, 2.24) is 20.2 Å². The van der Waals surface area contributed by atoms with Gasteiger partial charge in [0.05, 0.1) is 7.11 Å². The molecule has 0 saturated heterocycles. The molecule has 0 fully saturated rings. The van der Waals surface area contributed by atoms with E-state index < -0.39 is 0 Å². The van der Waals surface area contributed by atoms with Gasteiger partial charge in [-0.15, -0.1) is 5.10 Å². The molecule has 0 aliphatic rings. The third-order valence-electron chi connectivity index (χ3n) is 4.02. The lowest BCUT2D eigenvalue weighted by molar-refractivity contribution is 0.392. The average Bonchev–Trinajstić information content (AvgIpc) is 3.17. The van der Waals surface area contributed by atoms with Gasteiger partial charge in [0.15, 0.2) is 5.82 Å². The van der Waals surface area contributed by atoms with E-state index in [0.717, 1.165) is 11.3 Å². The predicted molar refractivity (Wildman–Crippen MR) is 107 cm³/mol. The van der Waals surface area contributed by atoms with E-state index in [-0.39, 0.29) is 0 Å². The van der Waals surface area contributed by atoms with Crippen LogP contribution in [0.2, 0.25) is 0 Å². The monoisotopic (exact) mass is 373 g/mol. The number of hydrogen-bond acceptors (Lipinski definition) is 6. The molecule has 0 saturated carbocycles.